The Hall–Kier alpha value is -1.92. The predicted molar refractivity (Wildman–Crippen MR) is 77.9 cm³/mol. The average Bonchev–Trinajstić information content (AvgIpc) is 2.48. The van der Waals surface area contributed by atoms with Crippen LogP contribution in [0.25, 0.3) is 0 Å². The molecule has 0 fully saturated rings. The summed E-state index contributed by atoms with van der Waals surface area (Å²) in [6.07, 6.45) is 0. The van der Waals surface area contributed by atoms with Gasteiger partial charge in [-0.05, 0) is 19.4 Å². The van der Waals surface area contributed by atoms with E-state index in [0.717, 1.165) is 5.56 Å². The molecule has 0 saturated heterocycles. The van der Waals surface area contributed by atoms with Crippen LogP contribution in [0.1, 0.15) is 18.1 Å². The topological polar surface area (TPSA) is 76.1 Å². The number of hydrogen-bond donors (Lipinski definition) is 1. The van der Waals surface area contributed by atoms with Crippen molar-refractivity contribution in [2.45, 2.75) is 26.5 Å². The summed E-state index contributed by atoms with van der Waals surface area (Å²) in [5.74, 6) is -0.911. The van der Waals surface area contributed by atoms with Crippen molar-refractivity contribution in [1.82, 2.24) is 0 Å². The molecule has 6 heteroatoms. The van der Waals surface area contributed by atoms with E-state index in [1.54, 1.807) is 19.1 Å². The highest BCUT2D eigenvalue weighted by Gasteiger charge is 2.30. The van der Waals surface area contributed by atoms with E-state index >= 15 is 0 Å². The number of methoxy groups -OCH3 is 2. The summed E-state index contributed by atoms with van der Waals surface area (Å²) in [6, 6.07) is 4.49. The van der Waals surface area contributed by atoms with Crippen molar-refractivity contribution in [3.63, 3.8) is 0 Å². The number of carbonyl (C=O) groups is 2. The summed E-state index contributed by atoms with van der Waals surface area (Å²) < 4.78 is 9.60. The quantitative estimate of drug-likeness (QED) is 0.793. The van der Waals surface area contributed by atoms with E-state index in [9.17, 15) is 14.7 Å². The largest absolute Gasteiger partial charge is 0.467 e. The molecule has 0 aliphatic heterocycles. The van der Waals surface area contributed by atoms with Crippen molar-refractivity contribution >= 4 is 17.6 Å². The zero-order chi connectivity index (χ0) is 16.0. The third kappa shape index (κ3) is 3.80. The fourth-order valence-electron chi connectivity index (χ4n) is 2.20. The maximum Gasteiger partial charge on any atom is 0.328 e. The molecule has 21 heavy (non-hydrogen) atoms. The minimum Gasteiger partial charge on any atom is -0.467 e. The van der Waals surface area contributed by atoms with Crippen LogP contribution in [0.2, 0.25) is 0 Å². The number of nitrogens with zero attached hydrogens (tertiary/aromatic N) is 1. The van der Waals surface area contributed by atoms with Gasteiger partial charge in [0.15, 0.2) is 0 Å². The normalized spacial score (nSPS) is 11.9. The Labute approximate surface area is 124 Å². The molecule has 0 heterocycles. The second kappa shape index (κ2) is 7.75. The van der Waals surface area contributed by atoms with Gasteiger partial charge in [0.05, 0.1) is 19.4 Å². The summed E-state index contributed by atoms with van der Waals surface area (Å²) in [4.78, 5) is 25.5. The van der Waals surface area contributed by atoms with Gasteiger partial charge in [0.2, 0.25) is 0 Å². The Morgan fingerprint density at radius 3 is 2.52 bits per heavy atom. The second-order valence-electron chi connectivity index (χ2n) is 4.64. The first kappa shape index (κ1) is 17.1. The number of para-hydroxylation sites is 1. The molecule has 0 spiro atoms. The monoisotopic (exact) mass is 295 g/mol. The van der Waals surface area contributed by atoms with Crippen molar-refractivity contribution in [2.75, 3.05) is 25.7 Å². The Morgan fingerprint density at radius 2 is 2.00 bits per heavy atom. The zero-order valence-corrected chi connectivity index (χ0v) is 12.8. The number of esters is 1. The lowest BCUT2D eigenvalue weighted by atomic mass is 10.1. The lowest BCUT2D eigenvalue weighted by Gasteiger charge is -2.30. The first-order valence-corrected chi connectivity index (χ1v) is 6.56. The Balaban J connectivity index is 3.37. The van der Waals surface area contributed by atoms with E-state index in [-0.39, 0.29) is 19.1 Å². The van der Waals surface area contributed by atoms with Crippen molar-refractivity contribution in [3.8, 4) is 0 Å². The number of aryl methyl sites for hydroxylation is 1. The molecule has 1 amide bonds. The SMILES string of the molecule is COCC(=O)N(c1c(C)cccc1CO)[C@@H](C)C(=O)OC. The van der Waals surface area contributed by atoms with Crippen molar-refractivity contribution in [2.24, 2.45) is 0 Å². The van der Waals surface area contributed by atoms with Gasteiger partial charge in [-0.25, -0.2) is 4.79 Å². The van der Waals surface area contributed by atoms with Gasteiger partial charge in [0.25, 0.3) is 5.91 Å². The summed E-state index contributed by atoms with van der Waals surface area (Å²) in [5.41, 5.74) is 1.86. The van der Waals surface area contributed by atoms with Gasteiger partial charge < -0.3 is 14.6 Å². The van der Waals surface area contributed by atoms with Gasteiger partial charge in [-0.1, -0.05) is 18.2 Å². The predicted octanol–water partition coefficient (Wildman–Crippen LogP) is 1.03. The van der Waals surface area contributed by atoms with Gasteiger partial charge in [0, 0.05) is 12.7 Å². The van der Waals surface area contributed by atoms with Gasteiger partial charge in [-0.2, -0.15) is 0 Å². The highest BCUT2D eigenvalue weighted by atomic mass is 16.5. The minimum absolute atomic E-state index is 0.166. The molecule has 0 aliphatic carbocycles. The highest BCUT2D eigenvalue weighted by molar-refractivity contribution is 6.01. The average molecular weight is 295 g/mol. The molecule has 0 aliphatic rings. The number of benzene rings is 1. The third-order valence-electron chi connectivity index (χ3n) is 3.20. The van der Waals surface area contributed by atoms with Gasteiger partial charge in [-0.3, -0.25) is 9.69 Å². The molecule has 6 nitrogen and oxygen atoms in total. The number of ether oxygens (including phenoxy) is 2. The van der Waals surface area contributed by atoms with Crippen molar-refractivity contribution in [3.05, 3.63) is 29.3 Å². The van der Waals surface area contributed by atoms with Crippen LogP contribution in [0, 0.1) is 6.92 Å². The number of carbonyl (C=O) groups excluding carboxylic acids is 2. The Bertz CT molecular complexity index is 515. The van der Waals surface area contributed by atoms with E-state index in [1.165, 1.54) is 19.1 Å². The standard InChI is InChI=1S/C15H21NO5/c1-10-6-5-7-12(8-17)14(10)16(13(18)9-20-3)11(2)15(19)21-4/h5-7,11,17H,8-9H2,1-4H3/t11-/m0/s1. The molecule has 1 N–H and O–H groups in total. The third-order valence-corrected chi connectivity index (χ3v) is 3.20. The number of anilines is 1. The Kier molecular flexibility index (Phi) is 6.33. The summed E-state index contributed by atoms with van der Waals surface area (Å²) in [5, 5.41) is 9.50. The van der Waals surface area contributed by atoms with Crippen LogP contribution in [-0.2, 0) is 25.7 Å². The fraction of sp³-hybridized carbons (Fsp3) is 0.467. The maximum absolute atomic E-state index is 12.3. The number of amides is 1. The molecule has 1 atom stereocenters. The zero-order valence-electron chi connectivity index (χ0n) is 12.8. The highest BCUT2D eigenvalue weighted by Crippen LogP contribution is 2.28. The molecule has 0 unspecified atom stereocenters. The van der Waals surface area contributed by atoms with E-state index in [1.807, 2.05) is 13.0 Å². The number of rotatable bonds is 6. The van der Waals surface area contributed by atoms with Gasteiger partial charge in [0.1, 0.15) is 12.6 Å². The smallest absolute Gasteiger partial charge is 0.328 e. The Morgan fingerprint density at radius 1 is 1.33 bits per heavy atom. The molecule has 0 aromatic heterocycles. The minimum atomic E-state index is -0.816. The first-order chi connectivity index (χ1) is 9.97. The van der Waals surface area contributed by atoms with Crippen LogP contribution in [0.3, 0.4) is 0 Å². The molecule has 0 saturated carbocycles. The van der Waals surface area contributed by atoms with Crippen LogP contribution in [0.4, 0.5) is 5.69 Å². The molecule has 1 aromatic rings. The van der Waals surface area contributed by atoms with E-state index in [0.29, 0.717) is 11.3 Å². The van der Waals surface area contributed by atoms with Crippen LogP contribution in [0.5, 0.6) is 0 Å². The number of aliphatic hydroxyl groups excluding tert-OH is 1. The summed E-state index contributed by atoms with van der Waals surface area (Å²) in [7, 11) is 2.67. The van der Waals surface area contributed by atoms with E-state index in [2.05, 4.69) is 0 Å². The van der Waals surface area contributed by atoms with Crippen LogP contribution < -0.4 is 4.90 Å². The second-order valence-corrected chi connectivity index (χ2v) is 4.64. The lowest BCUT2D eigenvalue weighted by molar-refractivity contribution is -0.143. The van der Waals surface area contributed by atoms with Crippen LogP contribution in [0.15, 0.2) is 18.2 Å². The van der Waals surface area contributed by atoms with Crippen molar-refractivity contribution in [1.29, 1.82) is 0 Å². The summed E-state index contributed by atoms with van der Waals surface area (Å²) >= 11 is 0. The molecule has 0 bridgehead atoms. The van der Waals surface area contributed by atoms with E-state index < -0.39 is 12.0 Å². The van der Waals surface area contributed by atoms with Gasteiger partial charge >= 0.3 is 5.97 Å². The maximum atomic E-state index is 12.3. The van der Waals surface area contributed by atoms with Crippen molar-refractivity contribution < 1.29 is 24.2 Å². The van der Waals surface area contributed by atoms with Crippen LogP contribution >= 0.6 is 0 Å². The number of hydrogen-bond acceptors (Lipinski definition) is 5. The molecular formula is C15H21NO5. The van der Waals surface area contributed by atoms with E-state index in [4.69, 9.17) is 9.47 Å². The number of aliphatic hydroxyl groups is 1. The fourth-order valence-corrected chi connectivity index (χ4v) is 2.20. The molecule has 0 radical (unpaired) electrons. The molecular weight excluding hydrogens is 274 g/mol. The molecule has 116 valence electrons. The molecule has 1 rings (SSSR count). The van der Waals surface area contributed by atoms with Gasteiger partial charge in [-0.15, -0.1) is 0 Å². The molecule has 1 aromatic carbocycles. The summed E-state index contributed by atoms with van der Waals surface area (Å²) in [6.45, 7) is 2.99. The lowest BCUT2D eigenvalue weighted by Crippen LogP contribution is -2.46. The first-order valence-electron chi connectivity index (χ1n) is 6.56. The van der Waals surface area contributed by atoms with Crippen LogP contribution in [-0.4, -0.2) is 43.9 Å².